The maximum atomic E-state index is 10.7. The molecule has 0 radical (unpaired) electrons. The van der Waals surface area contributed by atoms with E-state index in [1.807, 2.05) is 11.4 Å². The van der Waals surface area contributed by atoms with Crippen molar-refractivity contribution in [1.29, 1.82) is 0 Å². The predicted octanol–water partition coefficient (Wildman–Crippen LogP) is 3.60. The summed E-state index contributed by atoms with van der Waals surface area (Å²) in [6.07, 6.45) is 0.922. The Morgan fingerprint density at radius 1 is 1.15 bits per heavy atom. The molecule has 0 saturated heterocycles. The second-order valence-electron chi connectivity index (χ2n) is 2.76. The van der Waals surface area contributed by atoms with E-state index in [0.717, 1.165) is 16.7 Å². The largest absolute Gasteiger partial charge is 0.298 e. The Morgan fingerprint density at radius 2 is 1.85 bits per heavy atom. The first-order valence-corrected chi connectivity index (χ1v) is 5.66. The van der Waals surface area contributed by atoms with Crippen LogP contribution in [0.4, 0.5) is 0 Å². The van der Waals surface area contributed by atoms with Gasteiger partial charge in [0.2, 0.25) is 0 Å². The van der Waals surface area contributed by atoms with Gasteiger partial charge in [-0.15, -0.1) is 22.7 Å². The van der Waals surface area contributed by atoms with Gasteiger partial charge in [0.05, 0.1) is 4.88 Å². The van der Waals surface area contributed by atoms with Gasteiger partial charge < -0.3 is 0 Å². The van der Waals surface area contributed by atoms with Gasteiger partial charge in [0.15, 0.2) is 6.29 Å². The summed E-state index contributed by atoms with van der Waals surface area (Å²) in [6, 6.07) is 3.94. The van der Waals surface area contributed by atoms with Crippen LogP contribution in [0.2, 0.25) is 0 Å². The number of rotatable bonds is 2. The first kappa shape index (κ1) is 8.66. The third kappa shape index (κ3) is 1.45. The topological polar surface area (TPSA) is 17.1 Å². The van der Waals surface area contributed by atoms with Crippen molar-refractivity contribution in [3.63, 3.8) is 0 Å². The van der Waals surface area contributed by atoms with Gasteiger partial charge in [-0.25, -0.2) is 0 Å². The molecule has 66 valence electrons. The maximum absolute atomic E-state index is 10.7. The van der Waals surface area contributed by atoms with Gasteiger partial charge in [0.25, 0.3) is 0 Å². The fraction of sp³-hybridized carbons (Fsp3) is 0.100. The molecule has 3 heteroatoms. The molecule has 0 unspecified atom stereocenters. The first-order chi connectivity index (χ1) is 6.33. The molecule has 13 heavy (non-hydrogen) atoms. The zero-order chi connectivity index (χ0) is 9.26. The van der Waals surface area contributed by atoms with Crippen LogP contribution in [-0.2, 0) is 0 Å². The minimum atomic E-state index is 0.801. The van der Waals surface area contributed by atoms with Gasteiger partial charge in [0, 0.05) is 10.4 Å². The maximum Gasteiger partial charge on any atom is 0.151 e. The highest BCUT2D eigenvalue weighted by molar-refractivity contribution is 7.20. The number of thiophene rings is 2. The molecule has 0 saturated carbocycles. The molecular formula is C10H8OS2. The zero-order valence-corrected chi connectivity index (χ0v) is 8.74. The number of carbonyl (C=O) groups is 1. The summed E-state index contributed by atoms with van der Waals surface area (Å²) in [5, 5.41) is 4.01. The van der Waals surface area contributed by atoms with Crippen LogP contribution >= 0.6 is 22.7 Å². The minimum Gasteiger partial charge on any atom is -0.298 e. The van der Waals surface area contributed by atoms with Gasteiger partial charge >= 0.3 is 0 Å². The number of carbonyl (C=O) groups excluding carboxylic acids is 1. The molecule has 0 amide bonds. The van der Waals surface area contributed by atoms with Gasteiger partial charge in [-0.3, -0.25) is 4.79 Å². The van der Waals surface area contributed by atoms with Crippen molar-refractivity contribution >= 4 is 29.0 Å². The molecule has 0 aliphatic heterocycles. The lowest BCUT2D eigenvalue weighted by Crippen LogP contribution is -1.78. The molecule has 2 aromatic rings. The molecule has 0 bridgehead atoms. The normalized spacial score (nSPS) is 10.2. The van der Waals surface area contributed by atoms with E-state index in [1.165, 1.54) is 10.4 Å². The molecule has 0 N–H and O–H groups in total. The summed E-state index contributed by atoms with van der Waals surface area (Å²) in [5.41, 5.74) is 2.05. The van der Waals surface area contributed by atoms with Crippen LogP contribution in [-0.4, -0.2) is 6.29 Å². The highest BCUT2D eigenvalue weighted by Gasteiger charge is 2.09. The highest BCUT2D eigenvalue weighted by Crippen LogP contribution is 2.34. The zero-order valence-electron chi connectivity index (χ0n) is 7.11. The van der Waals surface area contributed by atoms with Gasteiger partial charge in [-0.05, 0) is 35.4 Å². The Hall–Kier alpha value is -0.930. The average Bonchev–Trinajstić information content (AvgIpc) is 2.71. The Bertz CT molecular complexity index is 426. The standard InChI is InChI=1S/C10H8OS2/c1-7-2-4-12-9(7)10-8(6-11)3-5-13-10/h2-6H,1H3. The van der Waals surface area contributed by atoms with E-state index in [-0.39, 0.29) is 0 Å². The predicted molar refractivity (Wildman–Crippen MR) is 57.8 cm³/mol. The van der Waals surface area contributed by atoms with Crippen molar-refractivity contribution in [2.75, 3.05) is 0 Å². The molecule has 0 aliphatic carbocycles. The quantitative estimate of drug-likeness (QED) is 0.689. The van der Waals surface area contributed by atoms with E-state index in [0.29, 0.717) is 0 Å². The summed E-state index contributed by atoms with van der Waals surface area (Å²) >= 11 is 3.31. The van der Waals surface area contributed by atoms with Crippen LogP contribution in [0.25, 0.3) is 9.75 Å². The van der Waals surface area contributed by atoms with Crippen LogP contribution < -0.4 is 0 Å². The summed E-state index contributed by atoms with van der Waals surface area (Å²) < 4.78 is 0. The first-order valence-electron chi connectivity index (χ1n) is 3.90. The van der Waals surface area contributed by atoms with Crippen LogP contribution in [0.5, 0.6) is 0 Å². The minimum absolute atomic E-state index is 0.801. The lowest BCUT2D eigenvalue weighted by atomic mass is 10.2. The lowest BCUT2D eigenvalue weighted by molar-refractivity contribution is 0.112. The average molecular weight is 208 g/mol. The third-order valence-corrected chi connectivity index (χ3v) is 4.00. The van der Waals surface area contributed by atoms with Crippen molar-refractivity contribution in [3.8, 4) is 9.75 Å². The van der Waals surface area contributed by atoms with Gasteiger partial charge in [0.1, 0.15) is 0 Å². The molecule has 0 atom stereocenters. The molecule has 1 nitrogen and oxygen atoms in total. The highest BCUT2D eigenvalue weighted by atomic mass is 32.1. The molecule has 0 aliphatic rings. The second kappa shape index (κ2) is 3.44. The Morgan fingerprint density at radius 3 is 2.46 bits per heavy atom. The summed E-state index contributed by atoms with van der Waals surface area (Å²) in [4.78, 5) is 13.0. The second-order valence-corrected chi connectivity index (χ2v) is 4.59. The van der Waals surface area contributed by atoms with E-state index in [9.17, 15) is 4.79 Å². The smallest absolute Gasteiger partial charge is 0.151 e. The molecule has 0 spiro atoms. The van der Waals surface area contributed by atoms with Crippen LogP contribution in [0.1, 0.15) is 15.9 Å². The van der Waals surface area contributed by atoms with Crippen LogP contribution in [0.15, 0.2) is 22.9 Å². The summed E-state index contributed by atoms with van der Waals surface area (Å²) in [6.45, 7) is 2.07. The Kier molecular flexibility index (Phi) is 2.29. The fourth-order valence-corrected chi connectivity index (χ4v) is 3.25. The van der Waals surface area contributed by atoms with E-state index < -0.39 is 0 Å². The van der Waals surface area contributed by atoms with Crippen molar-refractivity contribution in [2.45, 2.75) is 6.92 Å². The number of hydrogen-bond acceptors (Lipinski definition) is 3. The van der Waals surface area contributed by atoms with E-state index in [2.05, 4.69) is 18.4 Å². The molecular weight excluding hydrogens is 200 g/mol. The lowest BCUT2D eigenvalue weighted by Gasteiger charge is -1.95. The van der Waals surface area contributed by atoms with Crippen molar-refractivity contribution < 1.29 is 4.79 Å². The number of aryl methyl sites for hydroxylation is 1. The van der Waals surface area contributed by atoms with E-state index in [4.69, 9.17) is 0 Å². The summed E-state index contributed by atoms with van der Waals surface area (Å²) in [7, 11) is 0. The van der Waals surface area contributed by atoms with Crippen molar-refractivity contribution in [3.05, 3.63) is 34.0 Å². The number of aldehydes is 1. The molecule has 2 rings (SSSR count). The fourth-order valence-electron chi connectivity index (χ4n) is 1.20. The molecule has 2 aromatic heterocycles. The SMILES string of the molecule is Cc1ccsc1-c1sccc1C=O. The van der Waals surface area contributed by atoms with Crippen molar-refractivity contribution in [1.82, 2.24) is 0 Å². The summed E-state index contributed by atoms with van der Waals surface area (Å²) in [5.74, 6) is 0. The Balaban J connectivity index is 2.58. The molecule has 0 aromatic carbocycles. The monoisotopic (exact) mass is 208 g/mol. The Labute approximate surface area is 84.7 Å². The van der Waals surface area contributed by atoms with E-state index >= 15 is 0 Å². The van der Waals surface area contributed by atoms with E-state index in [1.54, 1.807) is 22.7 Å². The number of hydrogen-bond donors (Lipinski definition) is 0. The van der Waals surface area contributed by atoms with Crippen LogP contribution in [0, 0.1) is 6.92 Å². The van der Waals surface area contributed by atoms with Gasteiger partial charge in [-0.2, -0.15) is 0 Å². The molecule has 0 fully saturated rings. The third-order valence-electron chi connectivity index (χ3n) is 1.89. The van der Waals surface area contributed by atoms with Crippen molar-refractivity contribution in [2.24, 2.45) is 0 Å². The molecule has 2 heterocycles. The van der Waals surface area contributed by atoms with Gasteiger partial charge in [-0.1, -0.05) is 0 Å². The van der Waals surface area contributed by atoms with Crippen LogP contribution in [0.3, 0.4) is 0 Å².